The summed E-state index contributed by atoms with van der Waals surface area (Å²) in [5.74, 6) is 2.67. The molecule has 0 amide bonds. The molecule has 2 saturated heterocycles. The Morgan fingerprint density at radius 2 is 1.91 bits per heavy atom. The largest absolute Gasteiger partial charge is 0.383 e. The van der Waals surface area contributed by atoms with Gasteiger partial charge in [0.15, 0.2) is 0 Å². The molecule has 0 radical (unpaired) electrons. The molecule has 2 heterocycles. The molecule has 0 N–H and O–H groups in total. The Morgan fingerprint density at radius 3 is 2.27 bits per heavy atom. The van der Waals surface area contributed by atoms with Gasteiger partial charge in [-0.15, -0.1) is 23.5 Å². The first kappa shape index (κ1) is 8.23. The van der Waals surface area contributed by atoms with Crippen molar-refractivity contribution in [3.05, 3.63) is 0 Å². The molecule has 0 unspecified atom stereocenters. The zero-order valence-electron chi connectivity index (χ0n) is 6.66. The maximum atomic E-state index is 5.07. The van der Waals surface area contributed by atoms with Gasteiger partial charge < -0.3 is 4.74 Å². The summed E-state index contributed by atoms with van der Waals surface area (Å²) in [6, 6.07) is 0. The summed E-state index contributed by atoms with van der Waals surface area (Å²) in [5, 5.41) is 1.65. The Morgan fingerprint density at radius 1 is 1.36 bits per heavy atom. The van der Waals surface area contributed by atoms with Crippen molar-refractivity contribution in [3.8, 4) is 0 Å². The molecular weight excluding hydrogens is 178 g/mol. The van der Waals surface area contributed by atoms with Crippen LogP contribution in [0.1, 0.15) is 0 Å². The third-order valence-corrected chi connectivity index (χ3v) is 3.73. The molecule has 11 heavy (non-hydrogen) atoms. The zero-order chi connectivity index (χ0) is 7.68. The normalized spacial score (nSPS) is 34.4. The predicted molar refractivity (Wildman–Crippen MR) is 51.1 cm³/mol. The van der Waals surface area contributed by atoms with Crippen LogP contribution in [0.3, 0.4) is 0 Å². The molecule has 2 aliphatic heterocycles. The molecule has 0 aliphatic carbocycles. The summed E-state index contributed by atoms with van der Waals surface area (Å²) in [6.07, 6.45) is 0. The van der Waals surface area contributed by atoms with Gasteiger partial charge in [0, 0.05) is 25.2 Å². The maximum Gasteiger partial charge on any atom is 0.0660 e. The van der Waals surface area contributed by atoms with Crippen LogP contribution in [0, 0.1) is 0 Å². The van der Waals surface area contributed by atoms with Gasteiger partial charge in [-0.1, -0.05) is 0 Å². The van der Waals surface area contributed by atoms with Crippen molar-refractivity contribution in [2.45, 2.75) is 10.7 Å². The Hall–Kier alpha value is 0.620. The molecule has 0 aromatic heterocycles. The summed E-state index contributed by atoms with van der Waals surface area (Å²) < 4.78 is 5.07. The SMILES string of the molecule is COCCN([C@@H]1CS1)[C@H]1CS1. The van der Waals surface area contributed by atoms with E-state index in [0.29, 0.717) is 0 Å². The maximum absolute atomic E-state index is 5.07. The monoisotopic (exact) mass is 191 g/mol. The van der Waals surface area contributed by atoms with E-state index in [4.69, 9.17) is 4.74 Å². The lowest BCUT2D eigenvalue weighted by Gasteiger charge is -2.18. The number of rotatable bonds is 5. The van der Waals surface area contributed by atoms with Crippen molar-refractivity contribution in [3.63, 3.8) is 0 Å². The highest BCUT2D eigenvalue weighted by molar-refractivity contribution is 8.07. The lowest BCUT2D eigenvalue weighted by atomic mass is 10.5. The molecule has 2 aliphatic rings. The van der Waals surface area contributed by atoms with Crippen molar-refractivity contribution in [2.24, 2.45) is 0 Å². The average molecular weight is 191 g/mol. The fraction of sp³-hybridized carbons (Fsp3) is 1.00. The van der Waals surface area contributed by atoms with Gasteiger partial charge in [0.1, 0.15) is 0 Å². The first-order valence-electron chi connectivity index (χ1n) is 3.89. The molecular formula is C7H13NOS2. The molecule has 0 saturated carbocycles. The third-order valence-electron chi connectivity index (χ3n) is 1.92. The Bertz CT molecular complexity index is 124. The molecule has 64 valence electrons. The van der Waals surface area contributed by atoms with E-state index in [1.54, 1.807) is 7.11 Å². The lowest BCUT2D eigenvalue weighted by molar-refractivity contribution is 0.152. The smallest absolute Gasteiger partial charge is 0.0660 e. The summed E-state index contributed by atoms with van der Waals surface area (Å²) in [7, 11) is 1.78. The van der Waals surface area contributed by atoms with Crippen molar-refractivity contribution < 1.29 is 4.74 Å². The van der Waals surface area contributed by atoms with Gasteiger partial charge in [-0.05, 0) is 0 Å². The summed E-state index contributed by atoms with van der Waals surface area (Å²) >= 11 is 4.10. The number of methoxy groups -OCH3 is 1. The highest BCUT2D eigenvalue weighted by atomic mass is 32.2. The topological polar surface area (TPSA) is 12.5 Å². The van der Waals surface area contributed by atoms with E-state index in [1.165, 1.54) is 11.5 Å². The fourth-order valence-electron chi connectivity index (χ4n) is 1.14. The van der Waals surface area contributed by atoms with Crippen molar-refractivity contribution in [1.29, 1.82) is 0 Å². The third kappa shape index (κ3) is 2.28. The van der Waals surface area contributed by atoms with E-state index in [1.807, 2.05) is 0 Å². The van der Waals surface area contributed by atoms with Crippen LogP contribution in [-0.4, -0.2) is 47.4 Å². The minimum atomic E-state index is 0.824. The molecule has 2 nitrogen and oxygen atoms in total. The van der Waals surface area contributed by atoms with E-state index in [-0.39, 0.29) is 0 Å². The molecule has 0 aromatic rings. The molecule has 0 aromatic carbocycles. The van der Waals surface area contributed by atoms with Crippen LogP contribution >= 0.6 is 23.5 Å². The van der Waals surface area contributed by atoms with E-state index in [0.717, 1.165) is 23.9 Å². The number of hydrogen-bond donors (Lipinski definition) is 0. The predicted octanol–water partition coefficient (Wildman–Crippen LogP) is 1.08. The molecule has 2 fully saturated rings. The number of ether oxygens (including phenoxy) is 1. The highest BCUT2D eigenvalue weighted by Crippen LogP contribution is 2.43. The average Bonchev–Trinajstić information content (AvgIpc) is 2.85. The van der Waals surface area contributed by atoms with Gasteiger partial charge in [0.05, 0.1) is 17.4 Å². The van der Waals surface area contributed by atoms with Crippen LogP contribution < -0.4 is 0 Å². The van der Waals surface area contributed by atoms with Gasteiger partial charge >= 0.3 is 0 Å². The van der Waals surface area contributed by atoms with Crippen molar-refractivity contribution in [1.82, 2.24) is 4.90 Å². The van der Waals surface area contributed by atoms with Crippen LogP contribution in [0.2, 0.25) is 0 Å². The minimum Gasteiger partial charge on any atom is -0.383 e. The second kappa shape index (κ2) is 3.56. The summed E-state index contributed by atoms with van der Waals surface area (Å²) in [4.78, 5) is 2.57. The molecule has 4 heteroatoms. The Kier molecular flexibility index (Phi) is 2.66. The first-order chi connectivity index (χ1) is 5.42. The van der Waals surface area contributed by atoms with E-state index in [2.05, 4.69) is 28.4 Å². The number of nitrogens with zero attached hydrogens (tertiary/aromatic N) is 1. The van der Waals surface area contributed by atoms with E-state index >= 15 is 0 Å². The van der Waals surface area contributed by atoms with E-state index in [9.17, 15) is 0 Å². The van der Waals surface area contributed by atoms with Crippen LogP contribution in [0.4, 0.5) is 0 Å². The van der Waals surface area contributed by atoms with Gasteiger partial charge in [0.2, 0.25) is 0 Å². The zero-order valence-corrected chi connectivity index (χ0v) is 8.29. The highest BCUT2D eigenvalue weighted by Gasteiger charge is 2.40. The van der Waals surface area contributed by atoms with Crippen LogP contribution in [-0.2, 0) is 4.74 Å². The first-order valence-corrected chi connectivity index (χ1v) is 5.99. The lowest BCUT2D eigenvalue weighted by Crippen LogP contribution is -2.31. The molecule has 2 rings (SSSR count). The summed E-state index contributed by atoms with van der Waals surface area (Å²) in [6.45, 7) is 2.00. The molecule has 0 spiro atoms. The van der Waals surface area contributed by atoms with Crippen molar-refractivity contribution >= 4 is 23.5 Å². The van der Waals surface area contributed by atoms with Crippen LogP contribution in [0.5, 0.6) is 0 Å². The minimum absolute atomic E-state index is 0.824. The van der Waals surface area contributed by atoms with Gasteiger partial charge in [0.25, 0.3) is 0 Å². The van der Waals surface area contributed by atoms with Crippen LogP contribution in [0.25, 0.3) is 0 Å². The second-order valence-corrected chi connectivity index (χ2v) is 5.23. The molecule has 0 bridgehead atoms. The van der Waals surface area contributed by atoms with Crippen LogP contribution in [0.15, 0.2) is 0 Å². The van der Waals surface area contributed by atoms with Gasteiger partial charge in [-0.3, -0.25) is 4.90 Å². The fourth-order valence-corrected chi connectivity index (χ4v) is 2.66. The standard InChI is InChI=1S/C7H13NOS2/c1-9-3-2-8(6-4-10-6)7-5-11-7/h6-7H,2-5H2,1H3/t6-,7+. The van der Waals surface area contributed by atoms with Crippen molar-refractivity contribution in [2.75, 3.05) is 31.8 Å². The quantitative estimate of drug-likeness (QED) is 0.603. The van der Waals surface area contributed by atoms with Gasteiger partial charge in [-0.25, -0.2) is 0 Å². The number of hydrogen-bond acceptors (Lipinski definition) is 4. The van der Waals surface area contributed by atoms with E-state index < -0.39 is 0 Å². The summed E-state index contributed by atoms with van der Waals surface area (Å²) in [5.41, 5.74) is 0. The Labute approximate surface area is 76.0 Å². The molecule has 2 atom stereocenters. The number of thioether (sulfide) groups is 2. The second-order valence-electron chi connectivity index (χ2n) is 2.81. The van der Waals surface area contributed by atoms with Gasteiger partial charge in [-0.2, -0.15) is 0 Å². The Balaban J connectivity index is 1.73.